The van der Waals surface area contributed by atoms with Gasteiger partial charge in [0, 0.05) is 11.9 Å². The Hall–Kier alpha value is -1.42. The summed E-state index contributed by atoms with van der Waals surface area (Å²) in [7, 11) is 0. The van der Waals surface area contributed by atoms with Crippen LogP contribution in [0.1, 0.15) is 5.69 Å². The van der Waals surface area contributed by atoms with Gasteiger partial charge in [0.15, 0.2) is 0 Å². The molecule has 0 spiro atoms. The second-order valence-corrected chi connectivity index (χ2v) is 2.84. The van der Waals surface area contributed by atoms with Crippen LogP contribution in [0.3, 0.4) is 0 Å². The average Bonchev–Trinajstić information content (AvgIpc) is 2.53. The Kier molecular flexibility index (Phi) is 1.98. The molecule has 2 aromatic rings. The Morgan fingerprint density at radius 3 is 2.92 bits per heavy atom. The van der Waals surface area contributed by atoms with Crippen LogP contribution in [-0.2, 0) is 0 Å². The molecule has 0 aliphatic rings. The van der Waals surface area contributed by atoms with E-state index in [1.807, 2.05) is 13.0 Å². The molecule has 0 saturated carbocycles. The van der Waals surface area contributed by atoms with Gasteiger partial charge in [-0.1, -0.05) is 0 Å². The smallest absolute Gasteiger partial charge is 0.264 e. The molecule has 0 amide bonds. The summed E-state index contributed by atoms with van der Waals surface area (Å²) in [4.78, 5) is 7.98. The summed E-state index contributed by atoms with van der Waals surface area (Å²) in [6.45, 7) is 1.87. The Morgan fingerprint density at radius 1 is 1.46 bits per heavy atom. The molecular formula is C8H6ClN3O. The molecule has 0 atom stereocenters. The summed E-state index contributed by atoms with van der Waals surface area (Å²) in [5.41, 5.74) is 1.64. The Morgan fingerprint density at radius 2 is 2.31 bits per heavy atom. The molecule has 0 aliphatic heterocycles. The number of pyridine rings is 1. The van der Waals surface area contributed by atoms with Gasteiger partial charge in [0.25, 0.3) is 11.2 Å². The lowest BCUT2D eigenvalue weighted by Gasteiger charge is -1.96. The van der Waals surface area contributed by atoms with E-state index in [0.717, 1.165) is 11.3 Å². The first-order valence-electron chi connectivity index (χ1n) is 3.68. The largest absolute Gasteiger partial charge is 0.333 e. The van der Waals surface area contributed by atoms with Crippen molar-refractivity contribution >= 4 is 11.6 Å². The number of halogens is 1. The van der Waals surface area contributed by atoms with E-state index in [1.165, 1.54) is 0 Å². The maximum absolute atomic E-state index is 5.53. The topological polar surface area (TPSA) is 51.8 Å². The van der Waals surface area contributed by atoms with Crippen LogP contribution in [0.25, 0.3) is 11.5 Å². The lowest BCUT2D eigenvalue weighted by Crippen LogP contribution is -1.85. The molecule has 0 unspecified atom stereocenters. The normalized spacial score (nSPS) is 10.3. The number of aromatic nitrogens is 3. The quantitative estimate of drug-likeness (QED) is 0.699. The van der Waals surface area contributed by atoms with Gasteiger partial charge in [0.2, 0.25) is 0 Å². The molecule has 0 saturated heterocycles. The maximum Gasteiger partial charge on any atom is 0.264 e. The lowest BCUT2D eigenvalue weighted by molar-refractivity contribution is 0.430. The number of nitrogens with zero attached hydrogens (tertiary/aromatic N) is 3. The van der Waals surface area contributed by atoms with Crippen molar-refractivity contribution in [1.82, 2.24) is 15.1 Å². The van der Waals surface area contributed by atoms with Crippen molar-refractivity contribution in [2.24, 2.45) is 0 Å². The molecule has 2 rings (SSSR count). The van der Waals surface area contributed by atoms with Crippen molar-refractivity contribution in [3.8, 4) is 11.5 Å². The molecule has 66 valence electrons. The first kappa shape index (κ1) is 8.19. The molecule has 0 fully saturated rings. The lowest BCUT2D eigenvalue weighted by atomic mass is 10.2. The average molecular weight is 196 g/mol. The van der Waals surface area contributed by atoms with Crippen molar-refractivity contribution in [2.45, 2.75) is 6.92 Å². The van der Waals surface area contributed by atoms with Gasteiger partial charge in [-0.25, -0.2) is 0 Å². The van der Waals surface area contributed by atoms with Crippen molar-refractivity contribution in [1.29, 1.82) is 0 Å². The zero-order chi connectivity index (χ0) is 9.26. The van der Waals surface area contributed by atoms with Gasteiger partial charge in [-0.15, -0.1) is 0 Å². The third kappa shape index (κ3) is 1.53. The van der Waals surface area contributed by atoms with Crippen LogP contribution in [-0.4, -0.2) is 15.1 Å². The fourth-order valence-electron chi connectivity index (χ4n) is 1.03. The number of hydrogen-bond donors (Lipinski definition) is 0. The van der Waals surface area contributed by atoms with Crippen LogP contribution in [0.5, 0.6) is 0 Å². The van der Waals surface area contributed by atoms with Crippen LogP contribution >= 0.6 is 11.6 Å². The fourth-order valence-corrected chi connectivity index (χ4v) is 1.14. The van der Waals surface area contributed by atoms with Crippen LogP contribution in [0, 0.1) is 6.92 Å². The highest BCUT2D eigenvalue weighted by Crippen LogP contribution is 2.20. The Balaban J connectivity index is 2.52. The van der Waals surface area contributed by atoms with Gasteiger partial charge in [-0.2, -0.15) is 4.98 Å². The molecule has 2 aromatic heterocycles. The van der Waals surface area contributed by atoms with Crippen molar-refractivity contribution in [3.63, 3.8) is 0 Å². The zero-order valence-electron chi connectivity index (χ0n) is 6.86. The van der Waals surface area contributed by atoms with Gasteiger partial charge in [0.1, 0.15) is 0 Å². The standard InChI is InChI=1S/C8H6ClN3O/c1-5-6(3-2-4-10-5)7-11-8(9)12-13-7/h2-4H,1H3. The highest BCUT2D eigenvalue weighted by atomic mass is 35.5. The van der Waals surface area contributed by atoms with E-state index in [2.05, 4.69) is 15.1 Å². The number of rotatable bonds is 1. The number of aryl methyl sites for hydroxylation is 1. The maximum atomic E-state index is 5.53. The predicted molar refractivity (Wildman–Crippen MR) is 47.3 cm³/mol. The van der Waals surface area contributed by atoms with E-state index in [1.54, 1.807) is 12.3 Å². The summed E-state index contributed by atoms with van der Waals surface area (Å²) in [5.74, 6) is 0.399. The van der Waals surface area contributed by atoms with E-state index in [-0.39, 0.29) is 5.28 Å². The molecule has 13 heavy (non-hydrogen) atoms. The first-order valence-corrected chi connectivity index (χ1v) is 4.06. The zero-order valence-corrected chi connectivity index (χ0v) is 7.62. The van der Waals surface area contributed by atoms with E-state index < -0.39 is 0 Å². The first-order chi connectivity index (χ1) is 6.27. The van der Waals surface area contributed by atoms with E-state index in [4.69, 9.17) is 16.1 Å². The third-order valence-electron chi connectivity index (χ3n) is 1.64. The van der Waals surface area contributed by atoms with Crippen LogP contribution in [0.4, 0.5) is 0 Å². The van der Waals surface area contributed by atoms with Gasteiger partial charge >= 0.3 is 0 Å². The van der Waals surface area contributed by atoms with Gasteiger partial charge < -0.3 is 4.52 Å². The summed E-state index contributed by atoms with van der Waals surface area (Å²) >= 11 is 5.53. The third-order valence-corrected chi connectivity index (χ3v) is 1.79. The van der Waals surface area contributed by atoms with Gasteiger partial charge in [0.05, 0.1) is 5.56 Å². The minimum Gasteiger partial charge on any atom is -0.333 e. The molecular weight excluding hydrogens is 190 g/mol. The van der Waals surface area contributed by atoms with Crippen LogP contribution in [0.2, 0.25) is 5.28 Å². The second kappa shape index (κ2) is 3.14. The second-order valence-electron chi connectivity index (χ2n) is 2.50. The van der Waals surface area contributed by atoms with Crippen molar-refractivity contribution in [3.05, 3.63) is 29.3 Å². The molecule has 0 radical (unpaired) electrons. The van der Waals surface area contributed by atoms with Gasteiger partial charge in [-0.3, -0.25) is 4.98 Å². The van der Waals surface area contributed by atoms with Crippen molar-refractivity contribution < 1.29 is 4.52 Å². The molecule has 4 nitrogen and oxygen atoms in total. The highest BCUT2D eigenvalue weighted by molar-refractivity contribution is 6.28. The minimum absolute atomic E-state index is 0.109. The van der Waals surface area contributed by atoms with Gasteiger partial charge in [-0.05, 0) is 35.8 Å². The van der Waals surface area contributed by atoms with E-state index in [0.29, 0.717) is 5.89 Å². The van der Waals surface area contributed by atoms with Crippen LogP contribution < -0.4 is 0 Å². The minimum atomic E-state index is 0.109. The molecule has 5 heteroatoms. The molecule has 0 aliphatic carbocycles. The van der Waals surface area contributed by atoms with Crippen LogP contribution in [0.15, 0.2) is 22.9 Å². The highest BCUT2D eigenvalue weighted by Gasteiger charge is 2.09. The summed E-state index contributed by atoms with van der Waals surface area (Å²) in [6, 6.07) is 3.66. The predicted octanol–water partition coefficient (Wildman–Crippen LogP) is 2.09. The SMILES string of the molecule is Cc1ncccc1-c1nc(Cl)no1. The number of hydrogen-bond acceptors (Lipinski definition) is 4. The summed E-state index contributed by atoms with van der Waals surface area (Å²) in [6.07, 6.45) is 1.71. The summed E-state index contributed by atoms with van der Waals surface area (Å²) < 4.78 is 4.90. The molecule has 0 bridgehead atoms. The fraction of sp³-hybridized carbons (Fsp3) is 0.125. The van der Waals surface area contributed by atoms with E-state index >= 15 is 0 Å². The monoisotopic (exact) mass is 195 g/mol. The molecule has 2 heterocycles. The summed E-state index contributed by atoms with van der Waals surface area (Å²) in [5, 5.41) is 3.60. The Labute approximate surface area is 79.6 Å². The van der Waals surface area contributed by atoms with E-state index in [9.17, 15) is 0 Å². The van der Waals surface area contributed by atoms with Crippen molar-refractivity contribution in [2.75, 3.05) is 0 Å². The molecule has 0 aromatic carbocycles. The molecule has 0 N–H and O–H groups in total. The Bertz CT molecular complexity index is 427.